The molecule has 22 heavy (non-hydrogen) atoms. The number of carboxylic acids is 1. The first-order chi connectivity index (χ1) is 10.6. The van der Waals surface area contributed by atoms with E-state index < -0.39 is 9.89 Å². The molecule has 3 heteroatoms. The molecule has 2 nitrogen and oxygen atoms in total. The van der Waals surface area contributed by atoms with Crippen molar-refractivity contribution in [2.45, 2.75) is 10.3 Å². The largest absolute Gasteiger partial charge is 0.480 e. The zero-order valence-corrected chi connectivity index (χ0v) is 13.9. The number of aliphatic carboxylic acids is 1. The van der Waals surface area contributed by atoms with Gasteiger partial charge in [0.25, 0.3) is 0 Å². The highest BCUT2D eigenvalue weighted by atomic mass is 127. The topological polar surface area (TPSA) is 37.3 Å². The van der Waals surface area contributed by atoms with Crippen LogP contribution in [0.15, 0.2) is 54.6 Å². The molecule has 0 aliphatic rings. The average Bonchev–Trinajstić information content (AvgIpc) is 2.53. The predicted octanol–water partition coefficient (Wildman–Crippen LogP) is 5.01. The number of hydrogen-bond donors (Lipinski definition) is 1. The first kappa shape index (κ1) is 13.8. The number of carbonyl (C=O) groups is 1. The van der Waals surface area contributed by atoms with Crippen LogP contribution in [-0.2, 0) is 11.2 Å². The Hall–Kier alpha value is -1.88. The van der Waals surface area contributed by atoms with Gasteiger partial charge in [-0.05, 0) is 44.3 Å². The summed E-state index contributed by atoms with van der Waals surface area (Å²) in [6.07, 6.45) is 0.546. The molecule has 108 valence electrons. The minimum Gasteiger partial charge on any atom is -0.480 e. The smallest absolute Gasteiger partial charge is 0.316 e. The van der Waals surface area contributed by atoms with Crippen molar-refractivity contribution in [3.63, 3.8) is 0 Å². The molecule has 0 saturated heterocycles. The quantitative estimate of drug-likeness (QED) is 0.298. The summed E-state index contributed by atoms with van der Waals surface area (Å²) in [6.45, 7) is 0. The van der Waals surface area contributed by atoms with Gasteiger partial charge < -0.3 is 5.11 Å². The van der Waals surface area contributed by atoms with Crippen molar-refractivity contribution in [3.05, 3.63) is 60.2 Å². The third-order valence-electron chi connectivity index (χ3n) is 4.29. The van der Waals surface area contributed by atoms with Gasteiger partial charge in [0.2, 0.25) is 0 Å². The zero-order valence-electron chi connectivity index (χ0n) is 11.7. The third kappa shape index (κ3) is 2.03. The Morgan fingerprint density at radius 1 is 0.909 bits per heavy atom. The van der Waals surface area contributed by atoms with Gasteiger partial charge in [-0.3, -0.25) is 4.79 Å². The van der Waals surface area contributed by atoms with Gasteiger partial charge in [-0.1, -0.05) is 77.2 Å². The van der Waals surface area contributed by atoms with E-state index in [2.05, 4.69) is 54.6 Å². The van der Waals surface area contributed by atoms with E-state index in [4.69, 9.17) is 0 Å². The summed E-state index contributed by atoms with van der Waals surface area (Å²) >= 11 is 2.00. The number of hydrogen-bond acceptors (Lipinski definition) is 1. The molecular weight excluding hydrogens is 387 g/mol. The summed E-state index contributed by atoms with van der Waals surface area (Å²) in [5.41, 5.74) is 1.10. The zero-order chi connectivity index (χ0) is 15.3. The fraction of sp³-hybridized carbons (Fsp3) is 0.105. The molecule has 0 bridgehead atoms. The highest BCUT2D eigenvalue weighted by Crippen LogP contribution is 2.36. The minimum absolute atomic E-state index is 0.406. The molecule has 0 aliphatic heterocycles. The summed E-state index contributed by atoms with van der Waals surface area (Å²) in [6, 6.07) is 19.1. The lowest BCUT2D eigenvalue weighted by molar-refractivity contribution is -0.135. The van der Waals surface area contributed by atoms with E-state index in [0.717, 1.165) is 5.56 Å². The molecular formula is C19H13IO2. The van der Waals surface area contributed by atoms with Crippen LogP contribution in [0.1, 0.15) is 5.56 Å². The Morgan fingerprint density at radius 2 is 1.50 bits per heavy atom. The van der Waals surface area contributed by atoms with E-state index >= 15 is 0 Å². The normalized spacial score (nSPS) is 13.1. The van der Waals surface area contributed by atoms with E-state index in [1.807, 2.05) is 22.6 Å². The fourth-order valence-electron chi connectivity index (χ4n) is 3.25. The maximum atomic E-state index is 11.2. The lowest BCUT2D eigenvalue weighted by atomic mass is 9.91. The summed E-state index contributed by atoms with van der Waals surface area (Å²) < 4.78 is -0.406. The van der Waals surface area contributed by atoms with Crippen molar-refractivity contribution >= 4 is 60.9 Å². The molecule has 4 rings (SSSR count). The SMILES string of the molecule is O=C(O)C(I)Cc1ccc2ccc3cccc4ccc1c2c34. The second kappa shape index (κ2) is 5.09. The highest BCUT2D eigenvalue weighted by molar-refractivity contribution is 14.1. The summed E-state index contributed by atoms with van der Waals surface area (Å²) in [4.78, 5) is 11.2. The van der Waals surface area contributed by atoms with Crippen molar-refractivity contribution in [1.29, 1.82) is 0 Å². The Kier molecular flexibility index (Phi) is 3.18. The number of carboxylic acid groups (broad SMARTS) is 1. The van der Waals surface area contributed by atoms with E-state index in [9.17, 15) is 9.90 Å². The average molecular weight is 400 g/mol. The van der Waals surface area contributed by atoms with Crippen LogP contribution in [-0.4, -0.2) is 15.0 Å². The Bertz CT molecular complexity index is 990. The van der Waals surface area contributed by atoms with Gasteiger partial charge in [0.1, 0.15) is 3.92 Å². The van der Waals surface area contributed by atoms with Crippen LogP contribution >= 0.6 is 22.6 Å². The highest BCUT2D eigenvalue weighted by Gasteiger charge is 2.17. The molecule has 0 radical (unpaired) electrons. The first-order valence-corrected chi connectivity index (χ1v) is 8.42. The van der Waals surface area contributed by atoms with Gasteiger partial charge in [-0.15, -0.1) is 0 Å². The Morgan fingerprint density at radius 3 is 2.18 bits per heavy atom. The van der Waals surface area contributed by atoms with E-state index in [1.54, 1.807) is 0 Å². The van der Waals surface area contributed by atoms with Crippen LogP contribution in [0.25, 0.3) is 32.3 Å². The second-order valence-corrected chi connectivity index (χ2v) is 7.09. The van der Waals surface area contributed by atoms with Gasteiger partial charge in [-0.2, -0.15) is 0 Å². The summed E-state index contributed by atoms with van der Waals surface area (Å²) in [7, 11) is 0. The predicted molar refractivity (Wildman–Crippen MR) is 99.3 cm³/mol. The van der Waals surface area contributed by atoms with Crippen LogP contribution in [0.4, 0.5) is 0 Å². The number of alkyl halides is 1. The van der Waals surface area contributed by atoms with Gasteiger partial charge in [0.15, 0.2) is 0 Å². The number of halogens is 1. The molecule has 0 saturated carbocycles. The van der Waals surface area contributed by atoms with Crippen molar-refractivity contribution in [2.24, 2.45) is 0 Å². The van der Waals surface area contributed by atoms with E-state index in [-0.39, 0.29) is 0 Å². The van der Waals surface area contributed by atoms with Gasteiger partial charge in [0, 0.05) is 0 Å². The van der Waals surface area contributed by atoms with Crippen LogP contribution < -0.4 is 0 Å². The third-order valence-corrected chi connectivity index (χ3v) is 5.26. The van der Waals surface area contributed by atoms with Gasteiger partial charge in [-0.25, -0.2) is 0 Å². The monoisotopic (exact) mass is 400 g/mol. The minimum atomic E-state index is -0.758. The summed E-state index contributed by atoms with van der Waals surface area (Å²) in [5, 5.41) is 16.6. The fourth-order valence-corrected chi connectivity index (χ4v) is 3.73. The Labute approximate surface area is 141 Å². The lowest BCUT2D eigenvalue weighted by Gasteiger charge is -2.14. The second-order valence-electron chi connectivity index (χ2n) is 5.59. The van der Waals surface area contributed by atoms with Gasteiger partial charge in [0.05, 0.1) is 0 Å². The molecule has 0 spiro atoms. The molecule has 0 heterocycles. The Balaban J connectivity index is 2.06. The van der Waals surface area contributed by atoms with E-state index in [1.165, 1.54) is 32.3 Å². The van der Waals surface area contributed by atoms with Crippen LogP contribution in [0.3, 0.4) is 0 Å². The molecule has 4 aromatic rings. The van der Waals surface area contributed by atoms with E-state index in [0.29, 0.717) is 6.42 Å². The molecule has 4 aromatic carbocycles. The van der Waals surface area contributed by atoms with Crippen molar-refractivity contribution in [3.8, 4) is 0 Å². The first-order valence-electron chi connectivity index (χ1n) is 7.17. The van der Waals surface area contributed by atoms with Gasteiger partial charge >= 0.3 is 5.97 Å². The van der Waals surface area contributed by atoms with Crippen molar-refractivity contribution in [2.75, 3.05) is 0 Å². The molecule has 1 atom stereocenters. The van der Waals surface area contributed by atoms with Crippen LogP contribution in [0.5, 0.6) is 0 Å². The maximum Gasteiger partial charge on any atom is 0.316 e. The molecule has 1 unspecified atom stereocenters. The van der Waals surface area contributed by atoms with Crippen molar-refractivity contribution < 1.29 is 9.90 Å². The number of rotatable bonds is 3. The van der Waals surface area contributed by atoms with Crippen molar-refractivity contribution in [1.82, 2.24) is 0 Å². The standard InChI is InChI=1S/C19H13IO2/c20-16(19(21)22)10-14-7-6-13-5-4-11-2-1-3-12-8-9-15(14)18(13)17(11)12/h1-9,16H,10H2,(H,21,22). The molecule has 0 aliphatic carbocycles. The molecule has 1 N–H and O–H groups in total. The maximum absolute atomic E-state index is 11.2. The lowest BCUT2D eigenvalue weighted by Crippen LogP contribution is -2.15. The number of benzene rings is 4. The molecule has 0 amide bonds. The van der Waals surface area contributed by atoms with Crippen LogP contribution in [0, 0.1) is 0 Å². The molecule has 0 aromatic heterocycles. The summed E-state index contributed by atoms with van der Waals surface area (Å²) in [5.74, 6) is -0.758. The molecule has 0 fully saturated rings. The van der Waals surface area contributed by atoms with Crippen LogP contribution in [0.2, 0.25) is 0 Å².